The summed E-state index contributed by atoms with van der Waals surface area (Å²) in [7, 11) is 0. The molecule has 0 bridgehead atoms. The first-order chi connectivity index (χ1) is 18.0. The van der Waals surface area contributed by atoms with Gasteiger partial charge < -0.3 is 15.0 Å². The Bertz CT molecular complexity index is 1030. The maximum atomic E-state index is 14.6. The fraction of sp³-hybridized carbons (Fsp3) is 0.633. The molecule has 1 saturated heterocycles. The third kappa shape index (κ3) is 7.20. The molecule has 3 aliphatic rings. The SMILES string of the molecule is Cc1cnc(N2CCC([C@H]3C[C@H]3CCOc3ccc(CC(=O)NCC4CCCCC4)c(F)c3)CC2)nc1. The van der Waals surface area contributed by atoms with Crippen LogP contribution in [-0.4, -0.2) is 42.1 Å². The van der Waals surface area contributed by atoms with Crippen LogP contribution < -0.4 is 15.0 Å². The van der Waals surface area contributed by atoms with Gasteiger partial charge in [-0.15, -0.1) is 0 Å². The number of aryl methyl sites for hydroxylation is 1. The lowest BCUT2D eigenvalue weighted by Crippen LogP contribution is -2.35. The largest absolute Gasteiger partial charge is 0.493 e. The van der Waals surface area contributed by atoms with Crippen molar-refractivity contribution in [2.75, 3.05) is 31.1 Å². The van der Waals surface area contributed by atoms with Crippen molar-refractivity contribution in [3.05, 3.63) is 47.5 Å². The van der Waals surface area contributed by atoms with Crippen LogP contribution in [0.5, 0.6) is 5.75 Å². The molecule has 0 unspecified atom stereocenters. The Morgan fingerprint density at radius 2 is 1.86 bits per heavy atom. The zero-order valence-corrected chi connectivity index (χ0v) is 22.1. The first-order valence-corrected chi connectivity index (χ1v) is 14.3. The van der Waals surface area contributed by atoms with Gasteiger partial charge in [-0.2, -0.15) is 0 Å². The Morgan fingerprint density at radius 1 is 1.11 bits per heavy atom. The Balaban J connectivity index is 0.988. The van der Waals surface area contributed by atoms with Crippen molar-refractivity contribution in [1.82, 2.24) is 15.3 Å². The van der Waals surface area contributed by atoms with E-state index in [1.165, 1.54) is 57.4 Å². The van der Waals surface area contributed by atoms with Crippen molar-refractivity contribution in [3.63, 3.8) is 0 Å². The van der Waals surface area contributed by atoms with E-state index >= 15 is 0 Å². The van der Waals surface area contributed by atoms with E-state index in [-0.39, 0.29) is 18.1 Å². The van der Waals surface area contributed by atoms with E-state index in [1.807, 2.05) is 19.3 Å². The highest BCUT2D eigenvalue weighted by atomic mass is 19.1. The lowest BCUT2D eigenvalue weighted by Gasteiger charge is -2.32. The molecule has 0 radical (unpaired) electrons. The van der Waals surface area contributed by atoms with Crippen molar-refractivity contribution in [1.29, 1.82) is 0 Å². The summed E-state index contributed by atoms with van der Waals surface area (Å²) in [6.07, 6.45) is 14.7. The van der Waals surface area contributed by atoms with Gasteiger partial charge in [-0.1, -0.05) is 25.3 Å². The van der Waals surface area contributed by atoms with Crippen LogP contribution in [0.3, 0.4) is 0 Å². The summed E-state index contributed by atoms with van der Waals surface area (Å²) in [6, 6.07) is 4.91. The lowest BCUT2D eigenvalue weighted by atomic mass is 9.89. The predicted octanol–water partition coefficient (Wildman–Crippen LogP) is 5.48. The normalized spacial score (nSPS) is 22.6. The number of piperidine rings is 1. The van der Waals surface area contributed by atoms with Gasteiger partial charge in [0.15, 0.2) is 0 Å². The van der Waals surface area contributed by atoms with Crippen molar-refractivity contribution < 1.29 is 13.9 Å². The quantitative estimate of drug-likeness (QED) is 0.460. The van der Waals surface area contributed by atoms with Gasteiger partial charge in [-0.3, -0.25) is 4.79 Å². The van der Waals surface area contributed by atoms with E-state index in [2.05, 4.69) is 20.2 Å². The molecule has 1 N–H and O–H groups in total. The Hall–Kier alpha value is -2.70. The molecule has 6 nitrogen and oxygen atoms in total. The molecule has 2 atom stereocenters. The number of ether oxygens (including phenoxy) is 1. The van der Waals surface area contributed by atoms with Crippen molar-refractivity contribution in [3.8, 4) is 5.75 Å². The Kier molecular flexibility index (Phi) is 8.57. The van der Waals surface area contributed by atoms with Crippen LogP contribution >= 0.6 is 0 Å². The average molecular weight is 509 g/mol. The highest BCUT2D eigenvalue weighted by Crippen LogP contribution is 2.49. The number of anilines is 1. The van der Waals surface area contributed by atoms with Crippen LogP contribution in [0.15, 0.2) is 30.6 Å². The first kappa shape index (κ1) is 25.9. The monoisotopic (exact) mass is 508 g/mol. The minimum Gasteiger partial charge on any atom is -0.493 e. The van der Waals surface area contributed by atoms with Gasteiger partial charge >= 0.3 is 0 Å². The second-order valence-electron chi connectivity index (χ2n) is 11.4. The van der Waals surface area contributed by atoms with E-state index < -0.39 is 0 Å². The number of carbonyl (C=O) groups is 1. The number of hydrogen-bond acceptors (Lipinski definition) is 5. The summed E-state index contributed by atoms with van der Waals surface area (Å²) in [6.45, 7) is 5.38. The molecule has 2 aromatic rings. The smallest absolute Gasteiger partial charge is 0.225 e. The van der Waals surface area contributed by atoms with E-state index in [1.54, 1.807) is 12.1 Å². The molecule has 200 valence electrons. The molecular formula is C30H41FN4O2. The van der Waals surface area contributed by atoms with Gasteiger partial charge in [0, 0.05) is 38.1 Å². The van der Waals surface area contributed by atoms with Gasteiger partial charge in [0.25, 0.3) is 0 Å². The maximum absolute atomic E-state index is 14.6. The molecule has 2 heterocycles. The first-order valence-electron chi connectivity index (χ1n) is 14.3. The van der Waals surface area contributed by atoms with Crippen LogP contribution in [0.25, 0.3) is 0 Å². The molecule has 2 saturated carbocycles. The number of carbonyl (C=O) groups excluding carboxylic acids is 1. The summed E-state index contributed by atoms with van der Waals surface area (Å²) < 4.78 is 20.5. The van der Waals surface area contributed by atoms with Crippen LogP contribution in [0, 0.1) is 36.4 Å². The molecule has 37 heavy (non-hydrogen) atoms. The Morgan fingerprint density at radius 3 is 2.59 bits per heavy atom. The zero-order valence-electron chi connectivity index (χ0n) is 22.1. The van der Waals surface area contributed by atoms with Gasteiger partial charge in [-0.25, -0.2) is 14.4 Å². The summed E-state index contributed by atoms with van der Waals surface area (Å²) in [5.74, 6) is 3.78. The van der Waals surface area contributed by atoms with Gasteiger partial charge in [-0.05, 0) is 86.3 Å². The van der Waals surface area contributed by atoms with Crippen LogP contribution in [0.1, 0.15) is 68.9 Å². The average Bonchev–Trinajstić information content (AvgIpc) is 3.70. The molecule has 1 aliphatic heterocycles. The second kappa shape index (κ2) is 12.2. The summed E-state index contributed by atoms with van der Waals surface area (Å²) in [4.78, 5) is 23.5. The van der Waals surface area contributed by atoms with Crippen molar-refractivity contribution in [2.45, 2.75) is 71.1 Å². The fourth-order valence-corrected chi connectivity index (χ4v) is 6.23. The molecular weight excluding hydrogens is 467 g/mol. The number of halogens is 1. The highest BCUT2D eigenvalue weighted by Gasteiger charge is 2.43. The number of rotatable bonds is 10. The highest BCUT2D eigenvalue weighted by molar-refractivity contribution is 5.78. The third-order valence-electron chi connectivity index (χ3n) is 8.62. The fourth-order valence-electron chi connectivity index (χ4n) is 6.23. The molecule has 3 fully saturated rings. The summed E-state index contributed by atoms with van der Waals surface area (Å²) in [5, 5.41) is 2.99. The zero-order chi connectivity index (χ0) is 25.6. The van der Waals surface area contributed by atoms with Crippen molar-refractivity contribution >= 4 is 11.9 Å². The van der Waals surface area contributed by atoms with Gasteiger partial charge in [0.05, 0.1) is 13.0 Å². The number of nitrogens with zero attached hydrogens (tertiary/aromatic N) is 3. The number of nitrogens with one attached hydrogen (secondary N) is 1. The standard InChI is InChI=1S/C30H41FN4O2/c1-21-18-33-30(34-19-21)35-12-9-23(10-13-35)27-15-24(27)11-14-37-26-8-7-25(28(31)17-26)16-29(36)32-20-22-5-3-2-4-6-22/h7-8,17-19,22-24,27H,2-6,9-16,20H2,1H3,(H,32,36)/t24-,27-/m1/s1. The van der Waals surface area contributed by atoms with Crippen molar-refractivity contribution in [2.24, 2.45) is 23.7 Å². The van der Waals surface area contributed by atoms with E-state index in [4.69, 9.17) is 4.74 Å². The van der Waals surface area contributed by atoms with Crippen LogP contribution in [-0.2, 0) is 11.2 Å². The number of aromatic nitrogens is 2. The van der Waals surface area contributed by atoms with Crippen LogP contribution in [0.2, 0.25) is 0 Å². The number of benzene rings is 1. The molecule has 0 spiro atoms. The van der Waals surface area contributed by atoms with Crippen LogP contribution in [0.4, 0.5) is 10.3 Å². The molecule has 1 aromatic carbocycles. The summed E-state index contributed by atoms with van der Waals surface area (Å²) in [5.41, 5.74) is 1.52. The minimum atomic E-state index is -0.362. The predicted molar refractivity (Wildman–Crippen MR) is 143 cm³/mol. The lowest BCUT2D eigenvalue weighted by molar-refractivity contribution is -0.120. The number of hydrogen-bond donors (Lipinski definition) is 1. The molecule has 1 aromatic heterocycles. The van der Waals surface area contributed by atoms with E-state index in [0.29, 0.717) is 36.3 Å². The maximum Gasteiger partial charge on any atom is 0.225 e. The van der Waals surface area contributed by atoms with Gasteiger partial charge in [0.1, 0.15) is 11.6 Å². The Labute approximate surface area is 220 Å². The molecule has 2 aliphatic carbocycles. The van der Waals surface area contributed by atoms with Gasteiger partial charge in [0.2, 0.25) is 11.9 Å². The molecule has 5 rings (SSSR count). The number of amides is 1. The minimum absolute atomic E-state index is 0.0808. The second-order valence-corrected chi connectivity index (χ2v) is 11.4. The van der Waals surface area contributed by atoms with E-state index in [0.717, 1.165) is 42.9 Å². The summed E-state index contributed by atoms with van der Waals surface area (Å²) >= 11 is 0. The van der Waals surface area contributed by atoms with E-state index in [9.17, 15) is 9.18 Å². The topological polar surface area (TPSA) is 67.4 Å². The third-order valence-corrected chi connectivity index (χ3v) is 8.62. The molecule has 1 amide bonds. The molecule has 7 heteroatoms.